The number of hydrogen-bond donors (Lipinski definition) is 0. The second kappa shape index (κ2) is 7.74. The number of esters is 1. The number of hydrogen-bond acceptors (Lipinski definition) is 7. The molecule has 2 aromatic heterocycles. The Kier molecular flexibility index (Phi) is 4.99. The molecule has 0 radical (unpaired) electrons. The average Bonchev–Trinajstić information content (AvgIpc) is 3.39. The highest BCUT2D eigenvalue weighted by atomic mass is 32.1. The minimum absolute atomic E-state index is 0.239. The highest BCUT2D eigenvalue weighted by Gasteiger charge is 2.21. The van der Waals surface area contributed by atoms with E-state index in [4.69, 9.17) is 9.15 Å². The zero-order valence-corrected chi connectivity index (χ0v) is 16.1. The summed E-state index contributed by atoms with van der Waals surface area (Å²) in [4.78, 5) is 16.8. The van der Waals surface area contributed by atoms with Crippen LogP contribution < -0.4 is 0 Å². The highest BCUT2D eigenvalue weighted by molar-refractivity contribution is 7.13. The maximum absolute atomic E-state index is 12.4. The zero-order valence-electron chi connectivity index (χ0n) is 15.3. The minimum Gasteiger partial charge on any atom is -0.448 e. The summed E-state index contributed by atoms with van der Waals surface area (Å²) in [6, 6.07) is 17.4. The van der Waals surface area contributed by atoms with E-state index in [2.05, 4.69) is 15.2 Å². The fourth-order valence-corrected chi connectivity index (χ4v) is 3.44. The van der Waals surface area contributed by atoms with E-state index < -0.39 is 12.1 Å². The van der Waals surface area contributed by atoms with E-state index in [0.29, 0.717) is 5.89 Å². The summed E-state index contributed by atoms with van der Waals surface area (Å²) in [5.41, 5.74) is 3.13. The number of benzene rings is 2. The van der Waals surface area contributed by atoms with Crippen LogP contribution in [0.15, 0.2) is 64.4 Å². The number of aryl methyl sites for hydroxylation is 1. The number of rotatable bonds is 5. The van der Waals surface area contributed by atoms with Crippen LogP contribution >= 0.6 is 11.3 Å². The van der Waals surface area contributed by atoms with Gasteiger partial charge in [0, 0.05) is 16.5 Å². The van der Waals surface area contributed by atoms with E-state index in [1.54, 1.807) is 12.3 Å². The van der Waals surface area contributed by atoms with Gasteiger partial charge < -0.3 is 9.15 Å². The van der Waals surface area contributed by atoms with Crippen molar-refractivity contribution in [3.63, 3.8) is 0 Å². The first kappa shape index (κ1) is 18.1. The Morgan fingerprint density at radius 3 is 2.64 bits per heavy atom. The smallest absolute Gasteiger partial charge is 0.358 e. The van der Waals surface area contributed by atoms with Gasteiger partial charge >= 0.3 is 5.97 Å². The SMILES string of the molecule is Cc1cccc(-c2nnc(C(C)OC(=O)c3csc(-c4ccccc4)n3)o2)c1. The van der Waals surface area contributed by atoms with Crippen molar-refractivity contribution in [2.45, 2.75) is 20.0 Å². The van der Waals surface area contributed by atoms with Gasteiger partial charge in [0.15, 0.2) is 11.8 Å². The molecule has 0 fully saturated rings. The van der Waals surface area contributed by atoms with Crippen LogP contribution in [-0.2, 0) is 4.74 Å². The number of ether oxygens (including phenoxy) is 1. The van der Waals surface area contributed by atoms with Crippen molar-refractivity contribution in [2.24, 2.45) is 0 Å². The van der Waals surface area contributed by atoms with Gasteiger partial charge in [-0.3, -0.25) is 0 Å². The third kappa shape index (κ3) is 3.84. The van der Waals surface area contributed by atoms with Gasteiger partial charge in [-0.2, -0.15) is 0 Å². The van der Waals surface area contributed by atoms with Crippen molar-refractivity contribution >= 4 is 17.3 Å². The van der Waals surface area contributed by atoms with Gasteiger partial charge in [0.1, 0.15) is 5.01 Å². The molecule has 0 amide bonds. The summed E-state index contributed by atoms with van der Waals surface area (Å²) in [7, 11) is 0. The molecular weight excluding hydrogens is 374 g/mol. The van der Waals surface area contributed by atoms with Crippen LogP contribution in [0.3, 0.4) is 0 Å². The Labute approximate surface area is 165 Å². The van der Waals surface area contributed by atoms with E-state index in [0.717, 1.165) is 21.7 Å². The first-order chi connectivity index (χ1) is 13.6. The van der Waals surface area contributed by atoms with Crippen LogP contribution in [0.2, 0.25) is 0 Å². The first-order valence-electron chi connectivity index (χ1n) is 8.72. The molecule has 1 atom stereocenters. The molecule has 140 valence electrons. The maximum atomic E-state index is 12.4. The second-order valence-electron chi connectivity index (χ2n) is 6.27. The van der Waals surface area contributed by atoms with Gasteiger partial charge in [0.2, 0.25) is 5.89 Å². The first-order valence-corrected chi connectivity index (χ1v) is 9.60. The van der Waals surface area contributed by atoms with Crippen LogP contribution in [0.25, 0.3) is 22.0 Å². The average molecular weight is 391 g/mol. The normalized spacial score (nSPS) is 11.9. The molecular formula is C21H17N3O3S. The lowest BCUT2D eigenvalue weighted by Gasteiger charge is -2.07. The fourth-order valence-electron chi connectivity index (χ4n) is 2.65. The molecule has 0 saturated carbocycles. The predicted molar refractivity (Wildman–Crippen MR) is 106 cm³/mol. The number of carbonyl (C=O) groups is 1. The molecule has 2 heterocycles. The molecule has 0 aliphatic heterocycles. The van der Waals surface area contributed by atoms with Crippen LogP contribution in [0.4, 0.5) is 0 Å². The Balaban J connectivity index is 1.46. The van der Waals surface area contributed by atoms with Crippen molar-refractivity contribution in [3.05, 3.63) is 77.1 Å². The Hall–Kier alpha value is -3.32. The number of thiazole rings is 1. The molecule has 1 unspecified atom stereocenters. The monoisotopic (exact) mass is 391 g/mol. The predicted octanol–water partition coefficient (Wildman–Crippen LogP) is 5.09. The summed E-state index contributed by atoms with van der Waals surface area (Å²) in [6.07, 6.45) is -0.680. The summed E-state index contributed by atoms with van der Waals surface area (Å²) in [6.45, 7) is 3.68. The Bertz CT molecular complexity index is 1100. The largest absolute Gasteiger partial charge is 0.448 e. The van der Waals surface area contributed by atoms with Crippen LogP contribution in [0, 0.1) is 6.92 Å². The lowest BCUT2D eigenvalue weighted by atomic mass is 10.1. The molecule has 4 rings (SSSR count). The van der Waals surface area contributed by atoms with E-state index in [1.165, 1.54) is 11.3 Å². The summed E-state index contributed by atoms with van der Waals surface area (Å²) >= 11 is 1.39. The molecule has 2 aromatic carbocycles. The van der Waals surface area contributed by atoms with Crippen molar-refractivity contribution in [3.8, 4) is 22.0 Å². The summed E-state index contributed by atoms with van der Waals surface area (Å²) in [5, 5.41) is 10.5. The van der Waals surface area contributed by atoms with E-state index in [1.807, 2.05) is 61.5 Å². The molecule has 28 heavy (non-hydrogen) atoms. The van der Waals surface area contributed by atoms with Gasteiger partial charge in [-0.15, -0.1) is 21.5 Å². The van der Waals surface area contributed by atoms with Gasteiger partial charge in [-0.1, -0.05) is 48.0 Å². The molecule has 0 N–H and O–H groups in total. The van der Waals surface area contributed by atoms with Crippen molar-refractivity contribution in [2.75, 3.05) is 0 Å². The van der Waals surface area contributed by atoms with E-state index >= 15 is 0 Å². The van der Waals surface area contributed by atoms with E-state index in [-0.39, 0.29) is 11.6 Å². The molecule has 7 heteroatoms. The minimum atomic E-state index is -0.680. The number of carbonyl (C=O) groups excluding carboxylic acids is 1. The summed E-state index contributed by atoms with van der Waals surface area (Å²) < 4.78 is 11.1. The molecule has 0 aliphatic carbocycles. The fraction of sp³-hybridized carbons (Fsp3) is 0.143. The van der Waals surface area contributed by atoms with Crippen LogP contribution in [-0.4, -0.2) is 21.2 Å². The molecule has 0 saturated heterocycles. The zero-order chi connectivity index (χ0) is 19.5. The van der Waals surface area contributed by atoms with Crippen molar-refractivity contribution < 1.29 is 13.9 Å². The third-order valence-corrected chi connectivity index (χ3v) is 4.96. The topological polar surface area (TPSA) is 78.1 Å². The standard InChI is InChI=1S/C21H17N3O3S/c1-13-7-6-10-16(11-13)19-24-23-18(27-19)14(2)26-21(25)17-12-28-20(22-17)15-8-4-3-5-9-15/h3-12,14H,1-2H3. The summed E-state index contributed by atoms with van der Waals surface area (Å²) in [5.74, 6) is 0.103. The van der Waals surface area contributed by atoms with E-state index in [9.17, 15) is 4.79 Å². The molecule has 4 aromatic rings. The van der Waals surface area contributed by atoms with Crippen LogP contribution in [0.1, 0.15) is 35.0 Å². The van der Waals surface area contributed by atoms with Crippen LogP contribution in [0.5, 0.6) is 0 Å². The van der Waals surface area contributed by atoms with Gasteiger partial charge in [0.05, 0.1) is 0 Å². The number of aromatic nitrogens is 3. The molecule has 0 spiro atoms. The van der Waals surface area contributed by atoms with Gasteiger partial charge in [-0.05, 0) is 26.0 Å². The van der Waals surface area contributed by atoms with Crippen molar-refractivity contribution in [1.82, 2.24) is 15.2 Å². The van der Waals surface area contributed by atoms with Gasteiger partial charge in [-0.25, -0.2) is 9.78 Å². The third-order valence-electron chi connectivity index (χ3n) is 4.07. The molecule has 0 aliphatic rings. The Morgan fingerprint density at radius 2 is 1.86 bits per heavy atom. The van der Waals surface area contributed by atoms with Crippen molar-refractivity contribution in [1.29, 1.82) is 0 Å². The number of nitrogens with zero attached hydrogens (tertiary/aromatic N) is 3. The second-order valence-corrected chi connectivity index (χ2v) is 7.12. The van der Waals surface area contributed by atoms with Gasteiger partial charge in [0.25, 0.3) is 5.89 Å². The maximum Gasteiger partial charge on any atom is 0.358 e. The lowest BCUT2D eigenvalue weighted by Crippen LogP contribution is -2.10. The quantitative estimate of drug-likeness (QED) is 0.441. The molecule has 0 bridgehead atoms. The highest BCUT2D eigenvalue weighted by Crippen LogP contribution is 2.26. The molecule has 6 nitrogen and oxygen atoms in total. The lowest BCUT2D eigenvalue weighted by molar-refractivity contribution is 0.0274. The Morgan fingerprint density at radius 1 is 1.07 bits per heavy atom.